The van der Waals surface area contributed by atoms with E-state index in [-0.39, 0.29) is 17.7 Å². The lowest BCUT2D eigenvalue weighted by atomic mass is 9.79. The van der Waals surface area contributed by atoms with E-state index in [1.807, 2.05) is 48.0 Å². The Labute approximate surface area is 177 Å². The fourth-order valence-electron chi connectivity index (χ4n) is 4.25. The number of amides is 1. The minimum Gasteiger partial charge on any atom is -0.424 e. The lowest BCUT2D eigenvalue weighted by molar-refractivity contribution is -0.117. The molecule has 6 nitrogen and oxygen atoms in total. The zero-order chi connectivity index (χ0) is 21.4. The van der Waals surface area contributed by atoms with E-state index < -0.39 is 0 Å². The number of anilines is 1. The average molecular weight is 405 g/mol. The topological polar surface area (TPSA) is 82.6 Å². The third-order valence-corrected chi connectivity index (χ3v) is 6.25. The van der Waals surface area contributed by atoms with Crippen LogP contribution in [-0.4, -0.2) is 30.9 Å². The zero-order valence-corrected chi connectivity index (χ0v) is 17.6. The average Bonchev–Trinajstić information content (AvgIpc) is 3.52. The zero-order valence-electron chi connectivity index (χ0n) is 17.6. The highest BCUT2D eigenvalue weighted by atomic mass is 16.5. The quantitative estimate of drug-likeness (QED) is 0.781. The Bertz CT molecular complexity index is 979. The van der Waals surface area contributed by atoms with Crippen LogP contribution in [0, 0.1) is 17.2 Å². The highest BCUT2D eigenvalue weighted by Crippen LogP contribution is 2.49. The molecule has 2 heterocycles. The molecule has 1 aromatic carbocycles. The molecule has 1 aromatic rings. The number of nitriles is 1. The highest BCUT2D eigenvalue weighted by Gasteiger charge is 2.39. The number of allylic oxidation sites excluding steroid dienone is 3. The van der Waals surface area contributed by atoms with E-state index in [2.05, 4.69) is 12.6 Å². The number of benzene rings is 1. The molecule has 30 heavy (non-hydrogen) atoms. The Morgan fingerprint density at radius 1 is 1.37 bits per heavy atom. The van der Waals surface area contributed by atoms with Crippen molar-refractivity contribution in [3.05, 3.63) is 64.9 Å². The monoisotopic (exact) mass is 404 g/mol. The Balaban J connectivity index is 1.79. The number of hydrogen-bond acceptors (Lipinski definition) is 5. The standard InChI is InChI=1S/C24H28N4O2/c1-4-27(3)24-21(15(2)16-7-8-16)22(19(14-25)23(26)30-24)17-9-11-18(12-10-17)28-13-5-6-20(28)29/h9-12,16,22H,2,4-8,13,26H2,1,3H3. The third kappa shape index (κ3) is 3.45. The van der Waals surface area contributed by atoms with Gasteiger partial charge in [0, 0.05) is 37.8 Å². The molecular weight excluding hydrogens is 376 g/mol. The maximum absolute atomic E-state index is 12.1. The first kappa shape index (κ1) is 20.1. The number of carbonyl (C=O) groups is 1. The maximum Gasteiger partial charge on any atom is 0.227 e. The molecule has 0 radical (unpaired) electrons. The molecule has 4 rings (SSSR count). The van der Waals surface area contributed by atoms with Gasteiger partial charge in [-0.2, -0.15) is 5.26 Å². The first-order valence-corrected chi connectivity index (χ1v) is 10.6. The van der Waals surface area contributed by atoms with Crippen molar-refractivity contribution in [1.82, 2.24) is 4.90 Å². The van der Waals surface area contributed by atoms with Gasteiger partial charge in [0.2, 0.25) is 17.7 Å². The van der Waals surface area contributed by atoms with Crippen LogP contribution < -0.4 is 10.6 Å². The third-order valence-electron chi connectivity index (χ3n) is 6.25. The fraction of sp³-hybridized carbons (Fsp3) is 0.417. The fourth-order valence-corrected chi connectivity index (χ4v) is 4.25. The van der Waals surface area contributed by atoms with Gasteiger partial charge >= 0.3 is 0 Å². The lowest BCUT2D eigenvalue weighted by Crippen LogP contribution is -2.30. The maximum atomic E-state index is 12.1. The molecular formula is C24H28N4O2. The predicted molar refractivity (Wildman–Crippen MR) is 116 cm³/mol. The van der Waals surface area contributed by atoms with Gasteiger partial charge in [-0.3, -0.25) is 4.79 Å². The molecule has 2 aliphatic heterocycles. The van der Waals surface area contributed by atoms with Crippen LogP contribution in [0.4, 0.5) is 5.69 Å². The first-order chi connectivity index (χ1) is 14.5. The van der Waals surface area contributed by atoms with E-state index in [4.69, 9.17) is 10.5 Å². The van der Waals surface area contributed by atoms with Gasteiger partial charge in [0.1, 0.15) is 11.6 Å². The second-order valence-corrected chi connectivity index (χ2v) is 8.20. The molecule has 0 spiro atoms. The summed E-state index contributed by atoms with van der Waals surface area (Å²) in [6.07, 6.45) is 3.70. The second-order valence-electron chi connectivity index (χ2n) is 8.20. The van der Waals surface area contributed by atoms with E-state index in [1.54, 1.807) is 0 Å². The van der Waals surface area contributed by atoms with Gasteiger partial charge in [-0.05, 0) is 55.4 Å². The van der Waals surface area contributed by atoms with Gasteiger partial charge in [0.05, 0.1) is 5.92 Å². The molecule has 2 fully saturated rings. The van der Waals surface area contributed by atoms with Crippen LogP contribution in [0.1, 0.15) is 44.1 Å². The Morgan fingerprint density at radius 2 is 2.07 bits per heavy atom. The number of nitrogens with two attached hydrogens (primary N) is 1. The number of rotatable bonds is 6. The smallest absolute Gasteiger partial charge is 0.227 e. The molecule has 1 saturated carbocycles. The minimum atomic E-state index is -0.329. The van der Waals surface area contributed by atoms with E-state index in [0.717, 1.165) is 54.7 Å². The summed E-state index contributed by atoms with van der Waals surface area (Å²) >= 11 is 0. The largest absolute Gasteiger partial charge is 0.424 e. The van der Waals surface area contributed by atoms with Crippen molar-refractivity contribution < 1.29 is 9.53 Å². The van der Waals surface area contributed by atoms with Crippen LogP contribution in [0.15, 0.2) is 59.3 Å². The Morgan fingerprint density at radius 3 is 2.60 bits per heavy atom. The van der Waals surface area contributed by atoms with Crippen LogP contribution in [0.25, 0.3) is 0 Å². The van der Waals surface area contributed by atoms with E-state index in [9.17, 15) is 10.1 Å². The summed E-state index contributed by atoms with van der Waals surface area (Å²) in [6.45, 7) is 7.92. The van der Waals surface area contributed by atoms with Crippen molar-refractivity contribution in [2.24, 2.45) is 11.7 Å². The van der Waals surface area contributed by atoms with E-state index in [1.165, 1.54) is 0 Å². The van der Waals surface area contributed by atoms with Crippen LogP contribution in [-0.2, 0) is 9.53 Å². The minimum absolute atomic E-state index is 0.143. The number of hydrogen-bond donors (Lipinski definition) is 1. The molecule has 1 saturated heterocycles. The van der Waals surface area contributed by atoms with E-state index >= 15 is 0 Å². The molecule has 1 aliphatic carbocycles. The summed E-state index contributed by atoms with van der Waals surface area (Å²) in [7, 11) is 1.96. The van der Waals surface area contributed by atoms with Crippen molar-refractivity contribution in [3.8, 4) is 6.07 Å². The second kappa shape index (κ2) is 7.91. The van der Waals surface area contributed by atoms with Crippen molar-refractivity contribution in [1.29, 1.82) is 5.26 Å². The molecule has 1 unspecified atom stereocenters. The van der Waals surface area contributed by atoms with Crippen LogP contribution >= 0.6 is 0 Å². The predicted octanol–water partition coefficient (Wildman–Crippen LogP) is 3.75. The molecule has 1 atom stereocenters. The van der Waals surface area contributed by atoms with Gasteiger partial charge < -0.3 is 20.3 Å². The van der Waals surface area contributed by atoms with Gasteiger partial charge in [0.15, 0.2) is 0 Å². The summed E-state index contributed by atoms with van der Waals surface area (Å²) in [4.78, 5) is 15.9. The lowest BCUT2D eigenvalue weighted by Gasteiger charge is -2.34. The molecule has 0 aromatic heterocycles. The van der Waals surface area contributed by atoms with Gasteiger partial charge in [-0.1, -0.05) is 18.7 Å². The Hall–Kier alpha value is -3.20. The Kier molecular flexibility index (Phi) is 5.29. The molecule has 156 valence electrons. The number of carbonyl (C=O) groups excluding carboxylic acids is 1. The number of ether oxygens (including phenoxy) is 1. The van der Waals surface area contributed by atoms with Gasteiger partial charge in [-0.25, -0.2) is 0 Å². The SMILES string of the molecule is C=C(C1=C(N(C)CC)OC(N)=C(C#N)C1c1ccc(N2CCCC2=O)cc1)C1CC1. The molecule has 6 heteroatoms. The van der Waals surface area contributed by atoms with Crippen molar-refractivity contribution >= 4 is 11.6 Å². The summed E-state index contributed by atoms with van der Waals surface area (Å²) in [5.41, 5.74) is 10.4. The van der Waals surface area contributed by atoms with Crippen molar-refractivity contribution in [2.75, 3.05) is 25.0 Å². The molecule has 3 aliphatic rings. The summed E-state index contributed by atoms with van der Waals surface area (Å²) in [6, 6.07) is 10.2. The number of nitrogens with zero attached hydrogens (tertiary/aromatic N) is 3. The van der Waals surface area contributed by atoms with Crippen LogP contribution in [0.2, 0.25) is 0 Å². The van der Waals surface area contributed by atoms with Crippen molar-refractivity contribution in [2.45, 2.75) is 38.5 Å². The van der Waals surface area contributed by atoms with Gasteiger partial charge in [-0.15, -0.1) is 0 Å². The van der Waals surface area contributed by atoms with Crippen LogP contribution in [0.3, 0.4) is 0 Å². The highest BCUT2D eigenvalue weighted by molar-refractivity contribution is 5.95. The summed E-state index contributed by atoms with van der Waals surface area (Å²) < 4.78 is 5.95. The molecule has 1 amide bonds. The van der Waals surface area contributed by atoms with E-state index in [0.29, 0.717) is 23.8 Å². The first-order valence-electron chi connectivity index (χ1n) is 10.6. The molecule has 0 bridgehead atoms. The summed E-state index contributed by atoms with van der Waals surface area (Å²) in [5.74, 6) is 1.07. The molecule has 2 N–H and O–H groups in total. The van der Waals surface area contributed by atoms with Crippen molar-refractivity contribution in [3.63, 3.8) is 0 Å². The summed E-state index contributed by atoms with van der Waals surface area (Å²) in [5, 5.41) is 9.90. The normalized spacial score (nSPS) is 21.6. The van der Waals surface area contributed by atoms with Gasteiger partial charge in [0.25, 0.3) is 0 Å². The van der Waals surface area contributed by atoms with Crippen LogP contribution in [0.5, 0.6) is 0 Å².